The van der Waals surface area contributed by atoms with Crippen molar-refractivity contribution < 1.29 is 9.21 Å². The number of nitrogens with one attached hydrogen (secondary N) is 2. The smallest absolute Gasteiger partial charge is 0.335 e. The SMILES string of the molecule is O=C(NC1CCNC1)c1ccc(=O)oc1. The molecule has 2 heterocycles. The highest BCUT2D eigenvalue weighted by molar-refractivity contribution is 5.93. The molecule has 1 aromatic heterocycles. The monoisotopic (exact) mass is 208 g/mol. The van der Waals surface area contributed by atoms with Gasteiger partial charge in [0.25, 0.3) is 5.91 Å². The van der Waals surface area contributed by atoms with Crippen molar-refractivity contribution in [3.05, 3.63) is 34.4 Å². The molecule has 0 spiro atoms. The van der Waals surface area contributed by atoms with Crippen LogP contribution in [0, 0.1) is 0 Å². The molecule has 1 saturated heterocycles. The Morgan fingerprint density at radius 2 is 2.40 bits per heavy atom. The van der Waals surface area contributed by atoms with Crippen LogP contribution in [-0.2, 0) is 0 Å². The lowest BCUT2D eigenvalue weighted by molar-refractivity contribution is 0.0937. The molecule has 1 fully saturated rings. The number of rotatable bonds is 2. The van der Waals surface area contributed by atoms with Crippen molar-refractivity contribution in [2.45, 2.75) is 12.5 Å². The molecule has 0 saturated carbocycles. The summed E-state index contributed by atoms with van der Waals surface area (Å²) in [5, 5.41) is 6.00. The van der Waals surface area contributed by atoms with Gasteiger partial charge in [-0.25, -0.2) is 4.79 Å². The van der Waals surface area contributed by atoms with Gasteiger partial charge in [-0.2, -0.15) is 0 Å². The third-order valence-corrected chi connectivity index (χ3v) is 2.36. The predicted octanol–water partition coefficient (Wildman–Crippen LogP) is -0.269. The Hall–Kier alpha value is -1.62. The molecule has 0 aliphatic carbocycles. The lowest BCUT2D eigenvalue weighted by Gasteiger charge is -2.10. The van der Waals surface area contributed by atoms with Crippen LogP contribution in [0.25, 0.3) is 0 Å². The minimum absolute atomic E-state index is 0.171. The molecule has 2 rings (SSSR count). The van der Waals surface area contributed by atoms with Crippen molar-refractivity contribution in [3.8, 4) is 0 Å². The fourth-order valence-electron chi connectivity index (χ4n) is 1.53. The molecule has 0 aromatic carbocycles. The molecule has 1 atom stereocenters. The van der Waals surface area contributed by atoms with E-state index >= 15 is 0 Å². The zero-order valence-electron chi connectivity index (χ0n) is 8.16. The Kier molecular flexibility index (Phi) is 2.82. The molecule has 1 amide bonds. The molecule has 5 heteroatoms. The van der Waals surface area contributed by atoms with E-state index in [1.54, 1.807) is 0 Å². The van der Waals surface area contributed by atoms with Crippen LogP contribution in [0.3, 0.4) is 0 Å². The average Bonchev–Trinajstić information content (AvgIpc) is 2.71. The van der Waals surface area contributed by atoms with Crippen molar-refractivity contribution in [2.24, 2.45) is 0 Å². The summed E-state index contributed by atoms with van der Waals surface area (Å²) in [5.41, 5.74) is -0.0735. The van der Waals surface area contributed by atoms with Gasteiger partial charge in [-0.05, 0) is 19.0 Å². The van der Waals surface area contributed by atoms with Crippen molar-refractivity contribution in [1.82, 2.24) is 10.6 Å². The van der Waals surface area contributed by atoms with Crippen molar-refractivity contribution in [2.75, 3.05) is 13.1 Å². The molecule has 1 unspecified atom stereocenters. The van der Waals surface area contributed by atoms with Gasteiger partial charge in [0.05, 0.1) is 5.56 Å². The zero-order chi connectivity index (χ0) is 10.7. The maximum absolute atomic E-state index is 11.6. The number of hydrogen-bond acceptors (Lipinski definition) is 4. The van der Waals surface area contributed by atoms with Gasteiger partial charge in [0.1, 0.15) is 6.26 Å². The van der Waals surface area contributed by atoms with E-state index < -0.39 is 5.63 Å². The third kappa shape index (κ3) is 2.44. The van der Waals surface area contributed by atoms with Gasteiger partial charge in [0.15, 0.2) is 0 Å². The maximum atomic E-state index is 11.6. The summed E-state index contributed by atoms with van der Waals surface area (Å²) in [5.74, 6) is -0.201. The fourth-order valence-corrected chi connectivity index (χ4v) is 1.53. The molecule has 15 heavy (non-hydrogen) atoms. The summed E-state index contributed by atoms with van der Waals surface area (Å²) in [6, 6.07) is 2.87. The summed E-state index contributed by atoms with van der Waals surface area (Å²) in [7, 11) is 0. The number of carbonyl (C=O) groups excluding carboxylic acids is 1. The highest BCUT2D eigenvalue weighted by Gasteiger charge is 2.17. The van der Waals surface area contributed by atoms with E-state index in [4.69, 9.17) is 0 Å². The second kappa shape index (κ2) is 4.27. The van der Waals surface area contributed by atoms with Gasteiger partial charge in [0.2, 0.25) is 0 Å². The Labute approximate surface area is 86.5 Å². The first kappa shape index (κ1) is 9.92. The van der Waals surface area contributed by atoms with Gasteiger partial charge in [-0.1, -0.05) is 0 Å². The maximum Gasteiger partial charge on any atom is 0.335 e. The van der Waals surface area contributed by atoms with Crippen molar-refractivity contribution >= 4 is 5.91 Å². The van der Waals surface area contributed by atoms with Crippen LogP contribution < -0.4 is 16.3 Å². The second-order valence-electron chi connectivity index (χ2n) is 3.51. The molecule has 80 valence electrons. The molecular weight excluding hydrogens is 196 g/mol. The van der Waals surface area contributed by atoms with E-state index in [1.165, 1.54) is 18.4 Å². The minimum Gasteiger partial charge on any atom is -0.430 e. The van der Waals surface area contributed by atoms with Crippen molar-refractivity contribution in [1.29, 1.82) is 0 Å². The van der Waals surface area contributed by atoms with Crippen LogP contribution in [0.2, 0.25) is 0 Å². The standard InChI is InChI=1S/C10H12N2O3/c13-9-2-1-7(6-15-9)10(14)12-8-3-4-11-5-8/h1-2,6,8,11H,3-5H2,(H,12,14). The number of carbonyl (C=O) groups is 1. The lowest BCUT2D eigenvalue weighted by atomic mass is 10.2. The first-order valence-corrected chi connectivity index (χ1v) is 4.86. The van der Waals surface area contributed by atoms with Crippen LogP contribution >= 0.6 is 0 Å². The Bertz CT molecular complexity index is 387. The quantitative estimate of drug-likeness (QED) is 0.702. The van der Waals surface area contributed by atoms with E-state index in [0.717, 1.165) is 19.5 Å². The summed E-state index contributed by atoms with van der Waals surface area (Å²) >= 11 is 0. The van der Waals surface area contributed by atoms with E-state index in [1.807, 2.05) is 0 Å². The topological polar surface area (TPSA) is 71.3 Å². The predicted molar refractivity (Wildman–Crippen MR) is 53.7 cm³/mol. The van der Waals surface area contributed by atoms with E-state index in [-0.39, 0.29) is 11.9 Å². The first-order chi connectivity index (χ1) is 7.25. The van der Waals surface area contributed by atoms with Crippen LogP contribution in [0.4, 0.5) is 0 Å². The summed E-state index contributed by atoms with van der Waals surface area (Å²) in [6.07, 6.45) is 2.11. The normalized spacial score (nSPS) is 20.1. The molecular formula is C10H12N2O3. The van der Waals surface area contributed by atoms with Crippen LogP contribution in [0.1, 0.15) is 16.8 Å². The second-order valence-corrected chi connectivity index (χ2v) is 3.51. The lowest BCUT2D eigenvalue weighted by Crippen LogP contribution is -2.36. The third-order valence-electron chi connectivity index (χ3n) is 2.36. The van der Waals surface area contributed by atoms with Gasteiger partial charge < -0.3 is 15.1 Å². The van der Waals surface area contributed by atoms with E-state index in [2.05, 4.69) is 15.1 Å². The highest BCUT2D eigenvalue weighted by Crippen LogP contribution is 2.00. The highest BCUT2D eigenvalue weighted by atomic mass is 16.4. The van der Waals surface area contributed by atoms with Gasteiger partial charge >= 0.3 is 5.63 Å². The van der Waals surface area contributed by atoms with Crippen LogP contribution in [0.15, 0.2) is 27.6 Å². The molecule has 1 aromatic rings. The molecule has 0 radical (unpaired) electrons. The number of amides is 1. The summed E-state index contributed by atoms with van der Waals surface area (Å²) < 4.78 is 4.61. The molecule has 1 aliphatic heterocycles. The van der Waals surface area contributed by atoms with E-state index in [0.29, 0.717) is 5.56 Å². The minimum atomic E-state index is -0.450. The zero-order valence-corrected chi connectivity index (χ0v) is 8.16. The average molecular weight is 208 g/mol. The van der Waals surface area contributed by atoms with Crippen LogP contribution in [-0.4, -0.2) is 25.0 Å². The molecule has 5 nitrogen and oxygen atoms in total. The van der Waals surface area contributed by atoms with Gasteiger partial charge in [-0.3, -0.25) is 4.79 Å². The Morgan fingerprint density at radius 3 is 3.00 bits per heavy atom. The number of hydrogen-bond donors (Lipinski definition) is 2. The fraction of sp³-hybridized carbons (Fsp3) is 0.400. The summed E-state index contributed by atoms with van der Waals surface area (Å²) in [6.45, 7) is 1.72. The molecule has 1 aliphatic rings. The van der Waals surface area contributed by atoms with Crippen molar-refractivity contribution in [3.63, 3.8) is 0 Å². The first-order valence-electron chi connectivity index (χ1n) is 4.86. The van der Waals surface area contributed by atoms with Crippen LogP contribution in [0.5, 0.6) is 0 Å². The largest absolute Gasteiger partial charge is 0.430 e. The summed E-state index contributed by atoms with van der Waals surface area (Å²) in [4.78, 5) is 22.3. The Balaban J connectivity index is 2.01. The molecule has 2 N–H and O–H groups in total. The van der Waals surface area contributed by atoms with E-state index in [9.17, 15) is 9.59 Å². The van der Waals surface area contributed by atoms with Gasteiger partial charge in [-0.15, -0.1) is 0 Å². The molecule has 0 bridgehead atoms. The van der Waals surface area contributed by atoms with Gasteiger partial charge in [0, 0.05) is 18.7 Å². The Morgan fingerprint density at radius 1 is 1.53 bits per heavy atom.